The Balaban J connectivity index is 2.37. The Labute approximate surface area is 95.1 Å². The Hall–Kier alpha value is -2.11. The number of aromatic amines is 1. The number of alkyl halides is 2. The Bertz CT molecular complexity index is 551. The van der Waals surface area contributed by atoms with Gasteiger partial charge in [0, 0.05) is 17.0 Å². The second-order valence-corrected chi connectivity index (χ2v) is 3.30. The summed E-state index contributed by atoms with van der Waals surface area (Å²) in [4.78, 5) is 14.0. The lowest BCUT2D eigenvalue weighted by Crippen LogP contribution is -2.01. The zero-order chi connectivity index (χ0) is 12.4. The monoisotopic (exact) mass is 241 g/mol. The van der Waals surface area contributed by atoms with Gasteiger partial charge in [-0.05, 0) is 18.2 Å². The van der Waals surface area contributed by atoms with Gasteiger partial charge < -0.3 is 14.5 Å². The summed E-state index contributed by atoms with van der Waals surface area (Å²) in [5.41, 5.74) is 0.792. The molecule has 0 spiro atoms. The molecule has 1 aromatic carbocycles. The SMILES string of the molecule is COC(=O)c1cc2ccc(OC(F)F)cc2[nH]1. The molecule has 0 aliphatic rings. The first-order valence-electron chi connectivity index (χ1n) is 4.76. The van der Waals surface area contributed by atoms with E-state index in [9.17, 15) is 13.6 Å². The van der Waals surface area contributed by atoms with Gasteiger partial charge in [0.05, 0.1) is 7.11 Å². The summed E-state index contributed by atoms with van der Waals surface area (Å²) >= 11 is 0. The van der Waals surface area contributed by atoms with Gasteiger partial charge in [-0.2, -0.15) is 8.78 Å². The molecule has 0 saturated carbocycles. The molecule has 0 unspecified atom stereocenters. The third-order valence-corrected chi connectivity index (χ3v) is 2.22. The molecule has 4 nitrogen and oxygen atoms in total. The third-order valence-electron chi connectivity index (χ3n) is 2.22. The van der Waals surface area contributed by atoms with Gasteiger partial charge in [-0.1, -0.05) is 0 Å². The molecule has 0 amide bonds. The second kappa shape index (κ2) is 4.40. The van der Waals surface area contributed by atoms with Crippen LogP contribution in [0.1, 0.15) is 10.5 Å². The van der Waals surface area contributed by atoms with Crippen LogP contribution in [0.15, 0.2) is 24.3 Å². The lowest BCUT2D eigenvalue weighted by Gasteiger charge is -2.03. The molecule has 0 fully saturated rings. The maximum absolute atomic E-state index is 12.0. The summed E-state index contributed by atoms with van der Waals surface area (Å²) in [5.74, 6) is -0.483. The van der Waals surface area contributed by atoms with Crippen LogP contribution in [-0.2, 0) is 4.74 Å². The fourth-order valence-electron chi connectivity index (χ4n) is 1.50. The number of hydrogen-bond donors (Lipinski definition) is 1. The lowest BCUT2D eigenvalue weighted by molar-refractivity contribution is -0.0497. The normalized spacial score (nSPS) is 10.8. The Morgan fingerprint density at radius 1 is 1.35 bits per heavy atom. The van der Waals surface area contributed by atoms with Crippen LogP contribution >= 0.6 is 0 Å². The summed E-state index contributed by atoms with van der Waals surface area (Å²) in [6.07, 6.45) is 0. The van der Waals surface area contributed by atoms with E-state index in [0.717, 1.165) is 0 Å². The van der Waals surface area contributed by atoms with E-state index in [1.54, 1.807) is 12.1 Å². The van der Waals surface area contributed by atoms with Crippen LogP contribution in [0.4, 0.5) is 8.78 Å². The molecule has 2 aromatic rings. The molecule has 90 valence electrons. The summed E-state index contributed by atoms with van der Waals surface area (Å²) in [7, 11) is 1.26. The summed E-state index contributed by atoms with van der Waals surface area (Å²) < 4.78 is 32.8. The van der Waals surface area contributed by atoms with Gasteiger partial charge >= 0.3 is 12.6 Å². The zero-order valence-corrected chi connectivity index (χ0v) is 8.87. The van der Waals surface area contributed by atoms with Crippen LogP contribution in [0.5, 0.6) is 5.75 Å². The molecule has 1 heterocycles. The minimum atomic E-state index is -2.87. The van der Waals surface area contributed by atoms with Gasteiger partial charge in [0.25, 0.3) is 0 Å². The first-order chi connectivity index (χ1) is 8.10. The van der Waals surface area contributed by atoms with Gasteiger partial charge in [-0.15, -0.1) is 0 Å². The molecule has 2 rings (SSSR count). The molecule has 1 N–H and O–H groups in total. The highest BCUT2D eigenvalue weighted by Crippen LogP contribution is 2.22. The predicted molar refractivity (Wildman–Crippen MR) is 56.3 cm³/mol. The molecule has 1 aromatic heterocycles. The van der Waals surface area contributed by atoms with Crippen LogP contribution in [0.25, 0.3) is 10.9 Å². The van der Waals surface area contributed by atoms with E-state index in [4.69, 9.17) is 0 Å². The summed E-state index contributed by atoms with van der Waals surface area (Å²) in [5, 5.41) is 0.715. The van der Waals surface area contributed by atoms with E-state index in [-0.39, 0.29) is 11.4 Å². The van der Waals surface area contributed by atoms with E-state index in [1.165, 1.54) is 19.2 Å². The molecule has 0 bridgehead atoms. The molecule has 0 aliphatic carbocycles. The van der Waals surface area contributed by atoms with Crippen molar-refractivity contribution < 1.29 is 23.0 Å². The van der Waals surface area contributed by atoms with Gasteiger partial charge in [0.15, 0.2) is 0 Å². The number of rotatable bonds is 3. The van der Waals surface area contributed by atoms with Crippen molar-refractivity contribution in [1.82, 2.24) is 4.98 Å². The summed E-state index contributed by atoms with van der Waals surface area (Å²) in [6.45, 7) is -2.87. The Morgan fingerprint density at radius 3 is 2.76 bits per heavy atom. The maximum atomic E-state index is 12.0. The average Bonchev–Trinajstić information content (AvgIpc) is 2.70. The molecule has 0 atom stereocenters. The average molecular weight is 241 g/mol. The number of esters is 1. The maximum Gasteiger partial charge on any atom is 0.387 e. The highest BCUT2D eigenvalue weighted by molar-refractivity contribution is 5.95. The number of ether oxygens (including phenoxy) is 2. The number of fused-ring (bicyclic) bond motifs is 1. The number of methoxy groups -OCH3 is 1. The molecule has 0 radical (unpaired) electrons. The fourth-order valence-corrected chi connectivity index (χ4v) is 1.50. The first-order valence-corrected chi connectivity index (χ1v) is 4.76. The molecule has 0 aliphatic heterocycles. The van der Waals surface area contributed by atoms with Crippen LogP contribution < -0.4 is 4.74 Å². The number of nitrogens with one attached hydrogen (secondary N) is 1. The minimum absolute atomic E-state index is 0.0331. The van der Waals surface area contributed by atoms with Gasteiger partial charge in [0.2, 0.25) is 0 Å². The van der Waals surface area contributed by atoms with Crippen LogP contribution in [0, 0.1) is 0 Å². The van der Waals surface area contributed by atoms with Crippen molar-refractivity contribution >= 4 is 16.9 Å². The van der Waals surface area contributed by atoms with Crippen molar-refractivity contribution in [1.29, 1.82) is 0 Å². The number of benzene rings is 1. The smallest absolute Gasteiger partial charge is 0.387 e. The third kappa shape index (κ3) is 2.35. The molecule has 6 heteroatoms. The minimum Gasteiger partial charge on any atom is -0.464 e. The summed E-state index contributed by atoms with van der Waals surface area (Å²) in [6, 6.07) is 5.96. The van der Waals surface area contributed by atoms with Crippen molar-refractivity contribution in [2.75, 3.05) is 7.11 Å². The number of H-pyrrole nitrogens is 1. The standard InChI is InChI=1S/C11H9F2NO3/c1-16-10(15)9-4-6-2-3-7(17-11(12)13)5-8(6)14-9/h2-5,11,14H,1H3. The van der Waals surface area contributed by atoms with E-state index in [1.807, 2.05) is 0 Å². The molecule has 17 heavy (non-hydrogen) atoms. The van der Waals surface area contributed by atoms with E-state index >= 15 is 0 Å². The largest absolute Gasteiger partial charge is 0.464 e. The van der Waals surface area contributed by atoms with E-state index in [0.29, 0.717) is 10.9 Å². The number of hydrogen-bond acceptors (Lipinski definition) is 3. The topological polar surface area (TPSA) is 51.3 Å². The molecular weight excluding hydrogens is 232 g/mol. The quantitative estimate of drug-likeness (QED) is 0.840. The van der Waals surface area contributed by atoms with Gasteiger partial charge in [-0.25, -0.2) is 4.79 Å². The van der Waals surface area contributed by atoms with Crippen molar-refractivity contribution in [2.24, 2.45) is 0 Å². The highest BCUT2D eigenvalue weighted by Gasteiger charge is 2.11. The van der Waals surface area contributed by atoms with Crippen LogP contribution in [-0.4, -0.2) is 24.7 Å². The van der Waals surface area contributed by atoms with Crippen molar-refractivity contribution in [2.45, 2.75) is 6.61 Å². The van der Waals surface area contributed by atoms with Crippen molar-refractivity contribution in [3.63, 3.8) is 0 Å². The van der Waals surface area contributed by atoms with E-state index in [2.05, 4.69) is 14.5 Å². The van der Waals surface area contributed by atoms with Crippen molar-refractivity contribution in [3.8, 4) is 5.75 Å². The number of carbonyl (C=O) groups excluding carboxylic acids is 1. The zero-order valence-electron chi connectivity index (χ0n) is 8.87. The van der Waals surface area contributed by atoms with Crippen LogP contribution in [0.2, 0.25) is 0 Å². The first kappa shape index (κ1) is 11.4. The number of aromatic nitrogens is 1. The highest BCUT2D eigenvalue weighted by atomic mass is 19.3. The fraction of sp³-hybridized carbons (Fsp3) is 0.182. The number of halogens is 2. The predicted octanol–water partition coefficient (Wildman–Crippen LogP) is 2.56. The molecule has 0 saturated heterocycles. The molecular formula is C11H9F2NO3. The van der Waals surface area contributed by atoms with Crippen molar-refractivity contribution in [3.05, 3.63) is 30.0 Å². The Kier molecular flexibility index (Phi) is 2.95. The Morgan fingerprint density at radius 2 is 2.12 bits per heavy atom. The van der Waals surface area contributed by atoms with Gasteiger partial charge in [0.1, 0.15) is 11.4 Å². The van der Waals surface area contributed by atoms with Gasteiger partial charge in [-0.3, -0.25) is 0 Å². The lowest BCUT2D eigenvalue weighted by atomic mass is 10.2. The second-order valence-electron chi connectivity index (χ2n) is 3.30. The number of carbonyl (C=O) groups is 1. The van der Waals surface area contributed by atoms with Crippen LogP contribution in [0.3, 0.4) is 0 Å². The van der Waals surface area contributed by atoms with E-state index < -0.39 is 12.6 Å².